The van der Waals surface area contributed by atoms with E-state index in [9.17, 15) is 13.2 Å². The van der Waals surface area contributed by atoms with Gasteiger partial charge in [0.2, 0.25) is 10.0 Å². The van der Waals surface area contributed by atoms with E-state index < -0.39 is 10.0 Å². The van der Waals surface area contributed by atoms with Crippen molar-refractivity contribution in [1.29, 1.82) is 0 Å². The Bertz CT molecular complexity index is 1160. The van der Waals surface area contributed by atoms with Crippen molar-refractivity contribution in [2.24, 2.45) is 0 Å². The average Bonchev–Trinajstić information content (AvgIpc) is 2.72. The van der Waals surface area contributed by atoms with E-state index in [2.05, 4.69) is 15.0 Å². The number of anilines is 1. The Hall–Kier alpha value is -3.03. The second-order valence-electron chi connectivity index (χ2n) is 7.31. The molecule has 30 heavy (non-hydrogen) atoms. The first-order valence-corrected chi connectivity index (χ1v) is 11.0. The number of rotatable bonds is 6. The molecule has 0 spiro atoms. The van der Waals surface area contributed by atoms with Crippen LogP contribution in [0, 0.1) is 27.7 Å². The van der Waals surface area contributed by atoms with E-state index in [0.717, 1.165) is 22.3 Å². The molecule has 1 aromatic heterocycles. The van der Waals surface area contributed by atoms with Crippen LogP contribution in [-0.2, 0) is 16.6 Å². The maximum atomic E-state index is 13.0. The first-order valence-electron chi connectivity index (χ1n) is 9.56. The highest BCUT2D eigenvalue weighted by Crippen LogP contribution is 2.26. The number of carbonyl (C=O) groups is 1. The SMILES string of the molecule is Cc1cc(C)c(C)c(S(=O)(=O)NCc2cccc(C(=O)Nc3cccnc3)c2)c1C. The summed E-state index contributed by atoms with van der Waals surface area (Å²) in [5, 5.41) is 2.77. The summed E-state index contributed by atoms with van der Waals surface area (Å²) in [5.74, 6) is -0.284. The Kier molecular flexibility index (Phi) is 6.34. The Balaban J connectivity index is 1.78. The van der Waals surface area contributed by atoms with E-state index in [0.29, 0.717) is 21.7 Å². The molecule has 0 saturated heterocycles. The van der Waals surface area contributed by atoms with Crippen LogP contribution in [0.5, 0.6) is 0 Å². The molecule has 1 amide bonds. The van der Waals surface area contributed by atoms with E-state index in [1.54, 1.807) is 48.8 Å². The van der Waals surface area contributed by atoms with Crippen molar-refractivity contribution in [3.63, 3.8) is 0 Å². The smallest absolute Gasteiger partial charge is 0.255 e. The van der Waals surface area contributed by atoms with Crippen molar-refractivity contribution in [1.82, 2.24) is 9.71 Å². The molecule has 2 N–H and O–H groups in total. The molecule has 156 valence electrons. The zero-order valence-corrected chi connectivity index (χ0v) is 18.3. The molecule has 0 saturated carbocycles. The number of carbonyl (C=O) groups excluding carboxylic acids is 1. The van der Waals surface area contributed by atoms with Gasteiger partial charge in [0.15, 0.2) is 0 Å². The number of aromatic nitrogens is 1. The number of benzene rings is 2. The van der Waals surface area contributed by atoms with Crippen LogP contribution in [0.4, 0.5) is 5.69 Å². The summed E-state index contributed by atoms with van der Waals surface area (Å²) in [6.07, 6.45) is 3.19. The number of hydrogen-bond acceptors (Lipinski definition) is 4. The number of amides is 1. The molecule has 3 rings (SSSR count). The van der Waals surface area contributed by atoms with Crippen LogP contribution in [0.2, 0.25) is 0 Å². The van der Waals surface area contributed by atoms with Gasteiger partial charge in [-0.25, -0.2) is 13.1 Å². The molecule has 0 bridgehead atoms. The van der Waals surface area contributed by atoms with Crippen molar-refractivity contribution in [3.05, 3.63) is 88.2 Å². The molecule has 0 aliphatic carbocycles. The monoisotopic (exact) mass is 423 g/mol. The van der Waals surface area contributed by atoms with Crippen LogP contribution in [0.3, 0.4) is 0 Å². The Morgan fingerprint density at radius 2 is 1.67 bits per heavy atom. The number of hydrogen-bond donors (Lipinski definition) is 2. The molecular formula is C23H25N3O3S. The molecule has 1 heterocycles. The Morgan fingerprint density at radius 1 is 0.967 bits per heavy atom. The van der Waals surface area contributed by atoms with Gasteiger partial charge >= 0.3 is 0 Å². The van der Waals surface area contributed by atoms with Gasteiger partial charge in [-0.2, -0.15) is 0 Å². The molecule has 0 atom stereocenters. The van der Waals surface area contributed by atoms with Gasteiger partial charge in [-0.3, -0.25) is 9.78 Å². The molecule has 0 fully saturated rings. The summed E-state index contributed by atoms with van der Waals surface area (Å²) in [4.78, 5) is 16.8. The quantitative estimate of drug-likeness (QED) is 0.626. The van der Waals surface area contributed by atoms with Gasteiger partial charge in [0.05, 0.1) is 16.8 Å². The number of sulfonamides is 1. The summed E-state index contributed by atoms with van der Waals surface area (Å²) >= 11 is 0. The second kappa shape index (κ2) is 8.77. The van der Waals surface area contributed by atoms with Crippen molar-refractivity contribution in [3.8, 4) is 0 Å². The maximum absolute atomic E-state index is 13.0. The van der Waals surface area contributed by atoms with Crippen LogP contribution in [0.1, 0.15) is 38.2 Å². The van der Waals surface area contributed by atoms with Crippen molar-refractivity contribution in [2.75, 3.05) is 5.32 Å². The van der Waals surface area contributed by atoms with Crippen LogP contribution in [0.15, 0.2) is 59.8 Å². The zero-order chi connectivity index (χ0) is 21.9. The van der Waals surface area contributed by atoms with Crippen LogP contribution in [-0.4, -0.2) is 19.3 Å². The highest BCUT2D eigenvalue weighted by molar-refractivity contribution is 7.89. The fourth-order valence-electron chi connectivity index (χ4n) is 3.30. The lowest BCUT2D eigenvalue weighted by Crippen LogP contribution is -2.25. The molecule has 0 unspecified atom stereocenters. The topological polar surface area (TPSA) is 88.2 Å². The third kappa shape index (κ3) is 4.75. The number of nitrogens with zero attached hydrogens (tertiary/aromatic N) is 1. The molecule has 6 nitrogen and oxygen atoms in total. The molecule has 7 heteroatoms. The van der Waals surface area contributed by atoms with Crippen molar-refractivity contribution >= 4 is 21.6 Å². The summed E-state index contributed by atoms with van der Waals surface area (Å²) in [6, 6.07) is 12.3. The van der Waals surface area contributed by atoms with Gasteiger partial charge in [-0.1, -0.05) is 18.2 Å². The van der Waals surface area contributed by atoms with E-state index >= 15 is 0 Å². The minimum Gasteiger partial charge on any atom is -0.321 e. The predicted octanol–water partition coefficient (Wildman–Crippen LogP) is 4.05. The van der Waals surface area contributed by atoms with Gasteiger partial charge in [-0.05, 0) is 79.8 Å². The minimum atomic E-state index is -3.71. The summed E-state index contributed by atoms with van der Waals surface area (Å²) in [5.41, 5.74) is 5.09. The third-order valence-corrected chi connectivity index (χ3v) is 6.82. The maximum Gasteiger partial charge on any atom is 0.255 e. The van der Waals surface area contributed by atoms with Gasteiger partial charge in [0.25, 0.3) is 5.91 Å². The highest BCUT2D eigenvalue weighted by atomic mass is 32.2. The predicted molar refractivity (Wildman–Crippen MR) is 118 cm³/mol. The van der Waals surface area contributed by atoms with Crippen LogP contribution >= 0.6 is 0 Å². The van der Waals surface area contributed by atoms with Gasteiger partial charge in [0, 0.05) is 18.3 Å². The normalized spacial score (nSPS) is 11.3. The largest absolute Gasteiger partial charge is 0.321 e. The molecule has 0 radical (unpaired) electrons. The molecular weight excluding hydrogens is 398 g/mol. The van der Waals surface area contributed by atoms with Crippen LogP contribution in [0.25, 0.3) is 0 Å². The molecule has 0 aliphatic heterocycles. The summed E-state index contributed by atoms with van der Waals surface area (Å²) < 4.78 is 28.7. The summed E-state index contributed by atoms with van der Waals surface area (Å²) in [6.45, 7) is 7.54. The molecule has 0 aliphatic rings. The van der Waals surface area contributed by atoms with E-state index in [-0.39, 0.29) is 12.5 Å². The van der Waals surface area contributed by atoms with Gasteiger partial charge < -0.3 is 5.32 Å². The third-order valence-electron chi connectivity index (χ3n) is 5.14. The van der Waals surface area contributed by atoms with Crippen LogP contribution < -0.4 is 10.0 Å². The van der Waals surface area contributed by atoms with E-state index in [1.807, 2.05) is 33.8 Å². The number of pyridine rings is 1. The standard InChI is InChI=1S/C23H25N3O3S/c1-15-11-16(2)18(4)22(17(15)3)30(28,29)25-13-19-7-5-8-20(12-19)23(27)26-21-9-6-10-24-14-21/h5-12,14,25H,13H2,1-4H3,(H,26,27). The number of aryl methyl sites for hydroxylation is 2. The van der Waals surface area contributed by atoms with E-state index in [4.69, 9.17) is 0 Å². The van der Waals surface area contributed by atoms with Crippen molar-refractivity contribution in [2.45, 2.75) is 39.1 Å². The lowest BCUT2D eigenvalue weighted by molar-refractivity contribution is 0.102. The van der Waals surface area contributed by atoms with Gasteiger partial charge in [0.1, 0.15) is 0 Å². The average molecular weight is 424 g/mol. The molecule has 3 aromatic rings. The fourth-order valence-corrected chi connectivity index (χ4v) is 4.93. The summed E-state index contributed by atoms with van der Waals surface area (Å²) in [7, 11) is -3.71. The van der Waals surface area contributed by atoms with E-state index in [1.165, 1.54) is 0 Å². The lowest BCUT2D eigenvalue weighted by atomic mass is 10.0. The lowest BCUT2D eigenvalue weighted by Gasteiger charge is -2.16. The van der Waals surface area contributed by atoms with Crippen molar-refractivity contribution < 1.29 is 13.2 Å². The number of nitrogens with one attached hydrogen (secondary N) is 2. The Morgan fingerprint density at radius 3 is 2.30 bits per heavy atom. The second-order valence-corrected chi connectivity index (χ2v) is 9.01. The zero-order valence-electron chi connectivity index (χ0n) is 17.5. The fraction of sp³-hybridized carbons (Fsp3) is 0.217. The first-order chi connectivity index (χ1) is 14.2. The van der Waals surface area contributed by atoms with Gasteiger partial charge in [-0.15, -0.1) is 0 Å². The first kappa shape index (κ1) is 21.7. The Labute approximate surface area is 177 Å². The highest BCUT2D eigenvalue weighted by Gasteiger charge is 2.22. The minimum absolute atomic E-state index is 0.0855. The molecule has 2 aromatic carbocycles.